The average molecular weight is 324 g/mol. The molecule has 1 aromatic heterocycles. The van der Waals surface area contributed by atoms with E-state index in [1.807, 2.05) is 4.90 Å². The summed E-state index contributed by atoms with van der Waals surface area (Å²) in [6.07, 6.45) is 1.93. The molecule has 1 fully saturated rings. The van der Waals surface area contributed by atoms with E-state index < -0.39 is 0 Å². The van der Waals surface area contributed by atoms with Gasteiger partial charge in [0, 0.05) is 43.9 Å². The highest BCUT2D eigenvalue weighted by Crippen LogP contribution is 2.33. The largest absolute Gasteiger partial charge is 0.337 e. The van der Waals surface area contributed by atoms with Crippen LogP contribution in [0.3, 0.4) is 0 Å². The van der Waals surface area contributed by atoms with E-state index in [0.717, 1.165) is 50.3 Å². The van der Waals surface area contributed by atoms with E-state index in [0.29, 0.717) is 17.5 Å². The van der Waals surface area contributed by atoms with E-state index in [2.05, 4.69) is 52.8 Å². The molecule has 0 radical (unpaired) electrons. The number of fused-ring (bicyclic) bond motifs is 1. The van der Waals surface area contributed by atoms with Gasteiger partial charge in [0.15, 0.2) is 5.69 Å². The van der Waals surface area contributed by atoms with Crippen molar-refractivity contribution in [3.8, 4) is 0 Å². The maximum Gasteiger partial charge on any atom is 0.274 e. The molecular formula is C19H24N4O. The monoisotopic (exact) mass is 324 g/mol. The van der Waals surface area contributed by atoms with Crippen LogP contribution in [0.25, 0.3) is 0 Å². The number of benzene rings is 1. The van der Waals surface area contributed by atoms with Crippen LogP contribution in [0.1, 0.15) is 46.6 Å². The van der Waals surface area contributed by atoms with Crippen molar-refractivity contribution in [3.63, 3.8) is 0 Å². The Morgan fingerprint density at radius 1 is 1.29 bits per heavy atom. The molecule has 3 heterocycles. The first kappa shape index (κ1) is 15.4. The number of nitrogens with zero attached hydrogens (tertiary/aromatic N) is 2. The summed E-state index contributed by atoms with van der Waals surface area (Å²) in [6, 6.07) is 10.7. The third-order valence-electron chi connectivity index (χ3n) is 5.43. The number of carbonyl (C=O) groups excluding carboxylic acids is 1. The first-order chi connectivity index (χ1) is 11.7. The molecule has 1 amide bonds. The molecule has 1 aromatic carbocycles. The predicted octanol–water partition coefficient (Wildman–Crippen LogP) is 2.32. The van der Waals surface area contributed by atoms with Crippen LogP contribution in [-0.2, 0) is 13.0 Å². The van der Waals surface area contributed by atoms with E-state index in [4.69, 9.17) is 0 Å². The fraction of sp³-hybridized carbons (Fsp3) is 0.474. The minimum atomic E-state index is 0.0783. The Morgan fingerprint density at radius 2 is 2.12 bits per heavy atom. The quantitative estimate of drug-likeness (QED) is 0.891. The Bertz CT molecular complexity index is 724. The molecule has 0 saturated carbocycles. The summed E-state index contributed by atoms with van der Waals surface area (Å²) in [4.78, 5) is 14.9. The normalized spacial score (nSPS) is 23.8. The van der Waals surface area contributed by atoms with Gasteiger partial charge < -0.3 is 10.2 Å². The molecule has 24 heavy (non-hydrogen) atoms. The zero-order chi connectivity index (χ0) is 16.5. The van der Waals surface area contributed by atoms with Gasteiger partial charge >= 0.3 is 0 Å². The lowest BCUT2D eigenvalue weighted by molar-refractivity contribution is 0.0653. The number of rotatable bonds is 2. The van der Waals surface area contributed by atoms with Crippen LogP contribution in [0.15, 0.2) is 30.3 Å². The van der Waals surface area contributed by atoms with E-state index in [1.54, 1.807) is 0 Å². The second kappa shape index (κ2) is 6.40. The van der Waals surface area contributed by atoms with Crippen molar-refractivity contribution < 1.29 is 4.79 Å². The number of likely N-dealkylation sites (tertiary alicyclic amines) is 1. The number of aromatic nitrogens is 2. The number of hydrogen-bond acceptors (Lipinski definition) is 3. The lowest BCUT2D eigenvalue weighted by Crippen LogP contribution is -2.42. The molecule has 0 aliphatic carbocycles. The minimum absolute atomic E-state index is 0.0783. The van der Waals surface area contributed by atoms with Crippen LogP contribution >= 0.6 is 0 Å². The molecule has 1 saturated heterocycles. The molecule has 2 atom stereocenters. The highest BCUT2D eigenvalue weighted by atomic mass is 16.2. The summed E-state index contributed by atoms with van der Waals surface area (Å²) >= 11 is 0. The fourth-order valence-electron chi connectivity index (χ4n) is 4.08. The van der Waals surface area contributed by atoms with E-state index >= 15 is 0 Å². The molecule has 0 spiro atoms. The van der Waals surface area contributed by atoms with Crippen molar-refractivity contribution in [2.24, 2.45) is 5.92 Å². The van der Waals surface area contributed by atoms with Crippen LogP contribution in [0.2, 0.25) is 0 Å². The topological polar surface area (TPSA) is 61.0 Å². The third kappa shape index (κ3) is 2.73. The Balaban J connectivity index is 1.49. The average Bonchev–Trinajstić information content (AvgIpc) is 3.06. The number of amides is 1. The summed E-state index contributed by atoms with van der Waals surface area (Å²) in [6.45, 7) is 5.54. The standard InChI is InChI=1S/C19H24N4O/c1-13-12-23(10-8-15(13)14-5-3-2-4-6-14)19(24)18-16-11-20-9-7-17(16)21-22-18/h2-6,13,15,20H,7-12H2,1H3,(H,21,22). The van der Waals surface area contributed by atoms with Crippen molar-refractivity contribution in [2.75, 3.05) is 19.6 Å². The van der Waals surface area contributed by atoms with Crippen molar-refractivity contribution in [1.29, 1.82) is 0 Å². The maximum atomic E-state index is 12.9. The van der Waals surface area contributed by atoms with Crippen LogP contribution in [0.4, 0.5) is 0 Å². The molecule has 2 unspecified atom stereocenters. The molecule has 5 nitrogen and oxygen atoms in total. The van der Waals surface area contributed by atoms with Crippen molar-refractivity contribution in [1.82, 2.24) is 20.4 Å². The Hall–Kier alpha value is -2.14. The fourth-order valence-corrected chi connectivity index (χ4v) is 4.08. The van der Waals surface area contributed by atoms with E-state index in [9.17, 15) is 4.79 Å². The Morgan fingerprint density at radius 3 is 2.92 bits per heavy atom. The summed E-state index contributed by atoms with van der Waals surface area (Å²) in [5.74, 6) is 1.07. The van der Waals surface area contributed by atoms with Gasteiger partial charge in [-0.2, -0.15) is 5.10 Å². The van der Waals surface area contributed by atoms with Crippen LogP contribution < -0.4 is 5.32 Å². The van der Waals surface area contributed by atoms with E-state index in [-0.39, 0.29) is 5.91 Å². The number of carbonyl (C=O) groups is 1. The second-order valence-electron chi connectivity index (χ2n) is 6.99. The summed E-state index contributed by atoms with van der Waals surface area (Å²) in [5, 5.41) is 10.7. The third-order valence-corrected chi connectivity index (χ3v) is 5.43. The number of H-pyrrole nitrogens is 1. The van der Waals surface area contributed by atoms with Crippen LogP contribution in [-0.4, -0.2) is 40.6 Å². The molecule has 4 rings (SSSR count). The van der Waals surface area contributed by atoms with Gasteiger partial charge in [0.25, 0.3) is 5.91 Å². The molecular weight excluding hydrogens is 300 g/mol. The highest BCUT2D eigenvalue weighted by Gasteiger charge is 2.32. The number of piperidine rings is 1. The molecule has 0 bridgehead atoms. The SMILES string of the molecule is CC1CN(C(=O)c2n[nH]c3c2CNCC3)CCC1c1ccccc1. The lowest BCUT2D eigenvalue weighted by Gasteiger charge is -2.37. The minimum Gasteiger partial charge on any atom is -0.337 e. The van der Waals surface area contributed by atoms with Crippen LogP contribution in [0.5, 0.6) is 0 Å². The second-order valence-corrected chi connectivity index (χ2v) is 6.99. The summed E-state index contributed by atoms with van der Waals surface area (Å²) in [5.41, 5.74) is 4.18. The molecule has 5 heteroatoms. The first-order valence-corrected chi connectivity index (χ1v) is 8.85. The Labute approximate surface area is 142 Å². The lowest BCUT2D eigenvalue weighted by atomic mass is 9.81. The zero-order valence-electron chi connectivity index (χ0n) is 14.1. The highest BCUT2D eigenvalue weighted by molar-refractivity contribution is 5.94. The molecule has 2 aliphatic heterocycles. The first-order valence-electron chi connectivity index (χ1n) is 8.85. The van der Waals surface area contributed by atoms with Gasteiger partial charge in [-0.3, -0.25) is 9.89 Å². The Kier molecular flexibility index (Phi) is 4.10. The van der Waals surface area contributed by atoms with Gasteiger partial charge in [-0.05, 0) is 23.8 Å². The molecule has 126 valence electrons. The summed E-state index contributed by atoms with van der Waals surface area (Å²) < 4.78 is 0. The maximum absolute atomic E-state index is 12.9. The van der Waals surface area contributed by atoms with Gasteiger partial charge in [-0.15, -0.1) is 0 Å². The van der Waals surface area contributed by atoms with Crippen molar-refractivity contribution in [3.05, 3.63) is 52.8 Å². The van der Waals surface area contributed by atoms with Crippen molar-refractivity contribution >= 4 is 5.91 Å². The number of nitrogens with one attached hydrogen (secondary N) is 2. The van der Waals surface area contributed by atoms with E-state index in [1.165, 1.54) is 5.56 Å². The number of aromatic amines is 1. The molecule has 2 aliphatic rings. The van der Waals surface area contributed by atoms with Gasteiger partial charge in [0.2, 0.25) is 0 Å². The predicted molar refractivity (Wildman–Crippen MR) is 92.9 cm³/mol. The van der Waals surface area contributed by atoms with Crippen molar-refractivity contribution in [2.45, 2.75) is 32.2 Å². The zero-order valence-corrected chi connectivity index (χ0v) is 14.1. The number of hydrogen-bond donors (Lipinski definition) is 2. The molecule has 2 aromatic rings. The van der Waals surface area contributed by atoms with Gasteiger partial charge in [0.05, 0.1) is 0 Å². The van der Waals surface area contributed by atoms with Crippen LogP contribution in [0, 0.1) is 5.92 Å². The van der Waals surface area contributed by atoms with Gasteiger partial charge in [-0.25, -0.2) is 0 Å². The summed E-state index contributed by atoms with van der Waals surface area (Å²) in [7, 11) is 0. The molecule has 2 N–H and O–H groups in total. The van der Waals surface area contributed by atoms with Gasteiger partial charge in [0.1, 0.15) is 0 Å². The van der Waals surface area contributed by atoms with Gasteiger partial charge in [-0.1, -0.05) is 37.3 Å². The smallest absolute Gasteiger partial charge is 0.274 e.